The first-order valence-electron chi connectivity index (χ1n) is 4.48. The van der Waals surface area contributed by atoms with Gasteiger partial charge in [0.15, 0.2) is 0 Å². The third-order valence-corrected chi connectivity index (χ3v) is 2.34. The van der Waals surface area contributed by atoms with Gasteiger partial charge in [-0.15, -0.1) is 0 Å². The second kappa shape index (κ2) is 7.04. The Morgan fingerprint density at radius 2 is 1.73 bits per heavy atom. The molecule has 1 aromatic carbocycles. The van der Waals surface area contributed by atoms with Crippen molar-refractivity contribution in [3.05, 3.63) is 35.4 Å². The summed E-state index contributed by atoms with van der Waals surface area (Å²) in [5.74, 6) is -0.362. The fraction of sp³-hybridized carbons (Fsp3) is 0.462. The number of benzene rings is 1. The summed E-state index contributed by atoms with van der Waals surface area (Å²) in [6.45, 7) is 4.26. The Bertz CT molecular complexity index is 288. The lowest BCUT2D eigenvalue weighted by atomic mass is 9.98. The van der Waals surface area contributed by atoms with Crippen molar-refractivity contribution in [3.8, 4) is 0 Å². The van der Waals surface area contributed by atoms with Crippen LogP contribution in [0.15, 0.2) is 24.3 Å². The topological polar surface area (TPSA) is 37.3 Å². The molecule has 0 spiro atoms. The number of carboxylic acid groups (broad SMARTS) is 1. The fourth-order valence-electron chi connectivity index (χ4n) is 1.19. The van der Waals surface area contributed by atoms with E-state index in [0.29, 0.717) is 11.5 Å². The van der Waals surface area contributed by atoms with Crippen LogP contribution in [0.2, 0.25) is 0 Å². The molecular weight excluding hydrogens is 188 g/mol. The van der Waals surface area contributed by atoms with Gasteiger partial charge >= 0.3 is 5.97 Å². The molecule has 0 heterocycles. The number of carboxylic acids is 1. The molecule has 0 radical (unpaired) electrons. The molecular formula is C13H22O2. The van der Waals surface area contributed by atoms with Gasteiger partial charge in [-0.25, -0.2) is 4.79 Å². The molecule has 0 fully saturated rings. The van der Waals surface area contributed by atoms with Crippen LogP contribution in [0.4, 0.5) is 0 Å². The highest BCUT2D eigenvalue weighted by Crippen LogP contribution is 2.18. The van der Waals surface area contributed by atoms with Gasteiger partial charge in [0.1, 0.15) is 0 Å². The molecule has 0 aliphatic rings. The summed E-state index contributed by atoms with van der Waals surface area (Å²) in [6, 6.07) is 7.09. The van der Waals surface area contributed by atoms with Gasteiger partial charge in [0.25, 0.3) is 0 Å². The van der Waals surface area contributed by atoms with Crippen LogP contribution in [0.3, 0.4) is 0 Å². The van der Waals surface area contributed by atoms with Crippen LogP contribution in [0.5, 0.6) is 0 Å². The molecule has 1 unspecified atom stereocenters. The third-order valence-electron chi connectivity index (χ3n) is 2.34. The lowest BCUT2D eigenvalue weighted by Gasteiger charge is -2.08. The van der Waals surface area contributed by atoms with Crippen molar-refractivity contribution in [2.75, 3.05) is 0 Å². The van der Waals surface area contributed by atoms with E-state index in [1.165, 1.54) is 5.56 Å². The highest BCUT2D eigenvalue weighted by molar-refractivity contribution is 5.87. The molecule has 1 aromatic rings. The molecule has 0 saturated heterocycles. The first-order chi connectivity index (χ1) is 6.15. The van der Waals surface area contributed by atoms with E-state index >= 15 is 0 Å². The molecule has 1 N–H and O–H groups in total. The SMILES string of the molecule is C.C.CCC(C)c1ccc(C(=O)O)cc1. The minimum absolute atomic E-state index is 0. The van der Waals surface area contributed by atoms with Gasteiger partial charge in [0, 0.05) is 0 Å². The van der Waals surface area contributed by atoms with Gasteiger partial charge in [-0.1, -0.05) is 40.8 Å². The van der Waals surface area contributed by atoms with E-state index in [1.54, 1.807) is 12.1 Å². The molecule has 1 rings (SSSR count). The van der Waals surface area contributed by atoms with Gasteiger partial charge < -0.3 is 5.11 Å². The van der Waals surface area contributed by atoms with Crippen molar-refractivity contribution in [3.63, 3.8) is 0 Å². The first kappa shape index (κ1) is 16.1. The third kappa shape index (κ3) is 4.15. The summed E-state index contributed by atoms with van der Waals surface area (Å²) in [5, 5.41) is 8.67. The number of hydrogen-bond acceptors (Lipinski definition) is 1. The maximum Gasteiger partial charge on any atom is 0.335 e. The summed E-state index contributed by atoms with van der Waals surface area (Å²) >= 11 is 0. The number of carbonyl (C=O) groups is 1. The van der Waals surface area contributed by atoms with Crippen LogP contribution >= 0.6 is 0 Å². The van der Waals surface area contributed by atoms with Crippen molar-refractivity contribution < 1.29 is 9.90 Å². The summed E-state index contributed by atoms with van der Waals surface area (Å²) in [6.07, 6.45) is 1.08. The quantitative estimate of drug-likeness (QED) is 0.813. The Labute approximate surface area is 93.0 Å². The molecule has 0 bridgehead atoms. The zero-order chi connectivity index (χ0) is 9.84. The Hall–Kier alpha value is -1.31. The van der Waals surface area contributed by atoms with Crippen molar-refractivity contribution in [2.24, 2.45) is 0 Å². The second-order valence-corrected chi connectivity index (χ2v) is 3.24. The van der Waals surface area contributed by atoms with Gasteiger partial charge in [-0.3, -0.25) is 0 Å². The maximum atomic E-state index is 10.6. The molecule has 0 aromatic heterocycles. The average molecular weight is 210 g/mol. The minimum Gasteiger partial charge on any atom is -0.478 e. The monoisotopic (exact) mass is 210 g/mol. The second-order valence-electron chi connectivity index (χ2n) is 3.24. The molecule has 2 heteroatoms. The molecule has 1 atom stereocenters. The van der Waals surface area contributed by atoms with Gasteiger partial charge in [0.2, 0.25) is 0 Å². The standard InChI is InChI=1S/C11H14O2.2CH4/c1-3-8(2)9-4-6-10(7-5-9)11(12)13;;/h4-8H,3H2,1-2H3,(H,12,13);2*1H4. The zero-order valence-corrected chi connectivity index (χ0v) is 7.95. The van der Waals surface area contributed by atoms with E-state index < -0.39 is 5.97 Å². The number of rotatable bonds is 3. The highest BCUT2D eigenvalue weighted by Gasteiger charge is 2.05. The predicted molar refractivity (Wildman–Crippen MR) is 65.6 cm³/mol. The van der Waals surface area contributed by atoms with Gasteiger partial charge in [-0.2, -0.15) is 0 Å². The Morgan fingerprint density at radius 1 is 1.27 bits per heavy atom. The van der Waals surface area contributed by atoms with E-state index in [-0.39, 0.29) is 14.9 Å². The summed E-state index contributed by atoms with van der Waals surface area (Å²) < 4.78 is 0. The smallest absolute Gasteiger partial charge is 0.335 e. The summed E-state index contributed by atoms with van der Waals surface area (Å²) in [5.41, 5.74) is 1.56. The van der Waals surface area contributed by atoms with Crippen LogP contribution in [-0.2, 0) is 0 Å². The van der Waals surface area contributed by atoms with Crippen LogP contribution in [0.25, 0.3) is 0 Å². The summed E-state index contributed by atoms with van der Waals surface area (Å²) in [7, 11) is 0. The van der Waals surface area contributed by atoms with Crippen molar-refractivity contribution in [1.82, 2.24) is 0 Å². The zero-order valence-electron chi connectivity index (χ0n) is 7.95. The van der Waals surface area contributed by atoms with Gasteiger partial charge in [0.05, 0.1) is 5.56 Å². The normalized spacial score (nSPS) is 10.8. The Morgan fingerprint density at radius 3 is 2.07 bits per heavy atom. The largest absolute Gasteiger partial charge is 0.478 e. The Balaban J connectivity index is 0. The number of aromatic carboxylic acids is 1. The average Bonchev–Trinajstić information content (AvgIpc) is 2.17. The minimum atomic E-state index is -0.865. The van der Waals surface area contributed by atoms with E-state index in [1.807, 2.05) is 12.1 Å². The van der Waals surface area contributed by atoms with E-state index in [4.69, 9.17) is 5.11 Å². The van der Waals surface area contributed by atoms with E-state index in [9.17, 15) is 4.79 Å². The van der Waals surface area contributed by atoms with Crippen LogP contribution in [0, 0.1) is 0 Å². The van der Waals surface area contributed by atoms with Crippen molar-refractivity contribution in [2.45, 2.75) is 41.0 Å². The van der Waals surface area contributed by atoms with Crippen LogP contribution in [-0.4, -0.2) is 11.1 Å². The van der Waals surface area contributed by atoms with Crippen LogP contribution < -0.4 is 0 Å². The molecule has 0 aliphatic heterocycles. The first-order valence-corrected chi connectivity index (χ1v) is 4.48. The highest BCUT2D eigenvalue weighted by atomic mass is 16.4. The molecule has 0 aliphatic carbocycles. The molecule has 2 nitrogen and oxygen atoms in total. The maximum absolute atomic E-state index is 10.6. The van der Waals surface area contributed by atoms with E-state index in [0.717, 1.165) is 6.42 Å². The van der Waals surface area contributed by atoms with Gasteiger partial charge in [-0.05, 0) is 30.0 Å². The van der Waals surface area contributed by atoms with Crippen molar-refractivity contribution in [1.29, 1.82) is 0 Å². The molecule has 0 amide bonds. The molecule has 15 heavy (non-hydrogen) atoms. The lowest BCUT2D eigenvalue weighted by molar-refractivity contribution is 0.0697. The Kier molecular flexibility index (Phi) is 7.58. The number of hydrogen-bond donors (Lipinski definition) is 1. The van der Waals surface area contributed by atoms with E-state index in [2.05, 4.69) is 13.8 Å². The summed E-state index contributed by atoms with van der Waals surface area (Å²) in [4.78, 5) is 10.6. The lowest BCUT2D eigenvalue weighted by Crippen LogP contribution is -1.97. The fourth-order valence-corrected chi connectivity index (χ4v) is 1.19. The molecule has 0 saturated carbocycles. The van der Waals surface area contributed by atoms with Crippen molar-refractivity contribution >= 4 is 5.97 Å². The predicted octanol–water partition coefficient (Wildman–Crippen LogP) is 4.17. The van der Waals surface area contributed by atoms with Crippen LogP contribution in [0.1, 0.15) is 57.0 Å². The molecule has 86 valence electrons.